The second-order valence-electron chi connectivity index (χ2n) is 3.96. The highest BCUT2D eigenvalue weighted by atomic mass is 79.9. The molecule has 0 aliphatic carbocycles. The van der Waals surface area contributed by atoms with Crippen molar-refractivity contribution in [3.8, 4) is 17.1 Å². The lowest BCUT2D eigenvalue weighted by molar-refractivity contribution is -0.385. The number of hydrogen-bond acceptors (Lipinski definition) is 5. The lowest BCUT2D eigenvalue weighted by Crippen LogP contribution is -2.02. The van der Waals surface area contributed by atoms with Gasteiger partial charge in [-0.05, 0) is 19.1 Å². The first kappa shape index (κ1) is 14.4. The quantitative estimate of drug-likeness (QED) is 0.474. The predicted octanol–water partition coefficient (Wildman–Crippen LogP) is 2.78. The molecule has 106 valence electrons. The van der Waals surface area contributed by atoms with Crippen molar-refractivity contribution in [3.05, 3.63) is 34.1 Å². The number of halogens is 1. The maximum atomic E-state index is 11.1. The zero-order valence-corrected chi connectivity index (χ0v) is 12.6. The van der Waals surface area contributed by atoms with Crippen molar-refractivity contribution in [2.75, 3.05) is 7.11 Å². The van der Waals surface area contributed by atoms with Crippen LogP contribution in [0.25, 0.3) is 11.4 Å². The fourth-order valence-electron chi connectivity index (χ4n) is 1.95. The fraction of sp³-hybridized carbons (Fsp3) is 0.333. The Morgan fingerprint density at radius 1 is 1.45 bits per heavy atom. The molecule has 0 aliphatic heterocycles. The van der Waals surface area contributed by atoms with Crippen LogP contribution in [0.5, 0.6) is 5.75 Å². The van der Waals surface area contributed by atoms with Gasteiger partial charge in [0.05, 0.1) is 17.4 Å². The van der Waals surface area contributed by atoms with Gasteiger partial charge in [-0.25, -0.2) is 0 Å². The molecule has 1 aromatic carbocycles. The number of nitrogens with zero attached hydrogens (tertiary/aromatic N) is 4. The van der Waals surface area contributed by atoms with E-state index in [2.05, 4.69) is 26.1 Å². The molecule has 0 radical (unpaired) electrons. The highest BCUT2D eigenvalue weighted by Crippen LogP contribution is 2.31. The highest BCUT2D eigenvalue weighted by Gasteiger charge is 2.19. The van der Waals surface area contributed by atoms with E-state index in [1.54, 1.807) is 12.1 Å². The van der Waals surface area contributed by atoms with E-state index < -0.39 is 4.92 Å². The van der Waals surface area contributed by atoms with Crippen LogP contribution in [0.3, 0.4) is 0 Å². The van der Waals surface area contributed by atoms with Crippen molar-refractivity contribution in [2.24, 2.45) is 0 Å². The average Bonchev–Trinajstić information content (AvgIpc) is 2.89. The number of alkyl halides is 1. The number of aromatic nitrogens is 3. The molecule has 0 unspecified atom stereocenters. The molecule has 20 heavy (non-hydrogen) atoms. The first-order valence-electron chi connectivity index (χ1n) is 5.93. The molecule has 7 nitrogen and oxygen atoms in total. The van der Waals surface area contributed by atoms with Crippen LogP contribution in [0.15, 0.2) is 18.2 Å². The summed E-state index contributed by atoms with van der Waals surface area (Å²) in [7, 11) is 1.40. The Hall–Kier alpha value is -1.96. The monoisotopic (exact) mass is 340 g/mol. The molecule has 0 atom stereocenters. The van der Waals surface area contributed by atoms with Crippen molar-refractivity contribution in [1.29, 1.82) is 0 Å². The fourth-order valence-corrected chi connectivity index (χ4v) is 2.37. The number of nitro benzene ring substituents is 1. The SMILES string of the molecule is CCn1c(CBr)nnc1-c1ccc(OC)c([N+](=O)[O-])c1. The molecule has 0 fully saturated rings. The van der Waals surface area contributed by atoms with Crippen molar-refractivity contribution >= 4 is 21.6 Å². The topological polar surface area (TPSA) is 83.1 Å². The van der Waals surface area contributed by atoms with E-state index in [4.69, 9.17) is 4.74 Å². The summed E-state index contributed by atoms with van der Waals surface area (Å²) < 4.78 is 6.89. The van der Waals surface area contributed by atoms with Crippen LogP contribution in [0.2, 0.25) is 0 Å². The standard InChI is InChI=1S/C12H13BrN4O3/c1-3-16-11(7-13)14-15-12(16)8-4-5-10(20-2)9(6-8)17(18)19/h4-6H,3,7H2,1-2H3. The maximum absolute atomic E-state index is 11.1. The zero-order chi connectivity index (χ0) is 14.7. The van der Waals surface area contributed by atoms with E-state index >= 15 is 0 Å². The molecule has 8 heteroatoms. The molecule has 0 N–H and O–H groups in total. The number of ether oxygens (including phenoxy) is 1. The van der Waals surface area contributed by atoms with Crippen LogP contribution in [0.1, 0.15) is 12.7 Å². The van der Waals surface area contributed by atoms with Crippen molar-refractivity contribution < 1.29 is 9.66 Å². The summed E-state index contributed by atoms with van der Waals surface area (Å²) in [6.45, 7) is 2.65. The van der Waals surface area contributed by atoms with Gasteiger partial charge in [0.25, 0.3) is 0 Å². The third kappa shape index (κ3) is 2.51. The van der Waals surface area contributed by atoms with E-state index in [1.807, 2.05) is 11.5 Å². The molecule has 0 saturated carbocycles. The summed E-state index contributed by atoms with van der Waals surface area (Å²) in [6, 6.07) is 4.75. The number of methoxy groups -OCH3 is 1. The Morgan fingerprint density at radius 2 is 2.20 bits per heavy atom. The van der Waals surface area contributed by atoms with Gasteiger partial charge in [0, 0.05) is 18.2 Å². The lowest BCUT2D eigenvalue weighted by Gasteiger charge is -2.07. The molecular formula is C12H13BrN4O3. The summed E-state index contributed by atoms with van der Waals surface area (Å²) in [4.78, 5) is 10.6. The molecule has 1 heterocycles. The molecule has 0 spiro atoms. The number of hydrogen-bond donors (Lipinski definition) is 0. The van der Waals surface area contributed by atoms with Crippen LogP contribution in [0.4, 0.5) is 5.69 Å². The van der Waals surface area contributed by atoms with Gasteiger partial charge in [-0.1, -0.05) is 15.9 Å². The largest absolute Gasteiger partial charge is 0.490 e. The number of rotatable bonds is 5. The third-order valence-corrected chi connectivity index (χ3v) is 3.40. The van der Waals surface area contributed by atoms with Gasteiger partial charge < -0.3 is 9.30 Å². The van der Waals surface area contributed by atoms with Crippen LogP contribution in [0, 0.1) is 10.1 Å². The summed E-state index contributed by atoms with van der Waals surface area (Å²) in [5, 5.41) is 19.8. The van der Waals surface area contributed by atoms with E-state index in [0.29, 0.717) is 23.3 Å². The molecular weight excluding hydrogens is 328 g/mol. The van der Waals surface area contributed by atoms with E-state index in [-0.39, 0.29) is 11.4 Å². The smallest absolute Gasteiger partial charge is 0.311 e. The number of benzene rings is 1. The van der Waals surface area contributed by atoms with Gasteiger partial charge in [-0.2, -0.15) is 0 Å². The van der Waals surface area contributed by atoms with E-state index in [9.17, 15) is 10.1 Å². The second-order valence-corrected chi connectivity index (χ2v) is 4.52. The van der Waals surface area contributed by atoms with E-state index in [0.717, 1.165) is 5.82 Å². The Labute approximate surface area is 123 Å². The summed E-state index contributed by atoms with van der Waals surface area (Å²) in [5.74, 6) is 1.61. The van der Waals surface area contributed by atoms with Gasteiger partial charge in [-0.3, -0.25) is 10.1 Å². The van der Waals surface area contributed by atoms with Crippen molar-refractivity contribution in [2.45, 2.75) is 18.8 Å². The minimum absolute atomic E-state index is 0.0870. The van der Waals surface area contributed by atoms with Gasteiger partial charge >= 0.3 is 5.69 Å². The Bertz CT molecular complexity index is 642. The molecule has 1 aromatic heterocycles. The second kappa shape index (κ2) is 6.00. The summed E-state index contributed by atoms with van der Waals surface area (Å²) >= 11 is 3.34. The van der Waals surface area contributed by atoms with Gasteiger partial charge in [0.2, 0.25) is 0 Å². The Kier molecular flexibility index (Phi) is 4.33. The van der Waals surface area contributed by atoms with Gasteiger partial charge in [-0.15, -0.1) is 10.2 Å². The maximum Gasteiger partial charge on any atom is 0.311 e. The summed E-state index contributed by atoms with van der Waals surface area (Å²) in [6.07, 6.45) is 0. The number of nitro groups is 1. The van der Waals surface area contributed by atoms with Crippen molar-refractivity contribution in [1.82, 2.24) is 14.8 Å². The minimum atomic E-state index is -0.472. The average molecular weight is 341 g/mol. The van der Waals surface area contributed by atoms with E-state index in [1.165, 1.54) is 13.2 Å². The highest BCUT2D eigenvalue weighted by molar-refractivity contribution is 9.08. The van der Waals surface area contributed by atoms with Crippen molar-refractivity contribution in [3.63, 3.8) is 0 Å². The molecule has 2 aromatic rings. The van der Waals surface area contributed by atoms with Crippen LogP contribution in [-0.2, 0) is 11.9 Å². The van der Waals surface area contributed by atoms with Crippen LogP contribution in [-0.4, -0.2) is 26.8 Å². The molecule has 2 rings (SSSR count). The third-order valence-electron chi connectivity index (χ3n) is 2.90. The first-order chi connectivity index (χ1) is 9.62. The summed E-state index contributed by atoms with van der Waals surface area (Å²) in [5.41, 5.74) is 0.551. The normalized spacial score (nSPS) is 10.6. The van der Waals surface area contributed by atoms with Crippen LogP contribution < -0.4 is 4.74 Å². The van der Waals surface area contributed by atoms with Gasteiger partial charge in [0.1, 0.15) is 5.82 Å². The molecule has 0 aliphatic rings. The predicted molar refractivity (Wildman–Crippen MR) is 77.0 cm³/mol. The zero-order valence-electron chi connectivity index (χ0n) is 11.0. The first-order valence-corrected chi connectivity index (χ1v) is 7.05. The molecule has 0 amide bonds. The van der Waals surface area contributed by atoms with Gasteiger partial charge in [0.15, 0.2) is 11.6 Å². The minimum Gasteiger partial charge on any atom is -0.490 e. The Morgan fingerprint density at radius 3 is 2.75 bits per heavy atom. The molecule has 0 bridgehead atoms. The molecule has 0 saturated heterocycles. The van der Waals surface area contributed by atoms with Crippen LogP contribution >= 0.6 is 15.9 Å². The Balaban J connectivity index is 2.56. The lowest BCUT2D eigenvalue weighted by atomic mass is 10.1.